The molecule has 7 heteroatoms. The zero-order valence-corrected chi connectivity index (χ0v) is 12.6. The molecule has 21 heavy (non-hydrogen) atoms. The Bertz CT molecular complexity index is 692. The van der Waals surface area contributed by atoms with Crippen molar-refractivity contribution in [1.29, 1.82) is 0 Å². The smallest absolute Gasteiger partial charge is 0.272 e. The molecule has 0 bridgehead atoms. The van der Waals surface area contributed by atoms with E-state index in [0.717, 1.165) is 16.1 Å². The molecule has 0 unspecified atom stereocenters. The Morgan fingerprint density at radius 3 is 2.57 bits per heavy atom. The second-order valence-electron chi connectivity index (χ2n) is 4.45. The lowest BCUT2D eigenvalue weighted by molar-refractivity contribution is -0.385. The summed E-state index contributed by atoms with van der Waals surface area (Å²) < 4.78 is 19.9. The number of nitrogens with two attached hydrogens (primary N) is 1. The predicted molar refractivity (Wildman–Crippen MR) is 79.9 cm³/mol. The van der Waals surface area contributed by atoms with E-state index in [9.17, 15) is 14.5 Å². The van der Waals surface area contributed by atoms with Gasteiger partial charge in [0, 0.05) is 16.6 Å². The van der Waals surface area contributed by atoms with Crippen molar-refractivity contribution in [2.75, 3.05) is 0 Å². The Kier molecular flexibility index (Phi) is 4.54. The molecule has 0 saturated heterocycles. The fourth-order valence-electron chi connectivity index (χ4n) is 1.75. The van der Waals surface area contributed by atoms with E-state index in [-0.39, 0.29) is 17.5 Å². The number of nitro benzene ring substituents is 1. The minimum atomic E-state index is -0.795. The Hall–Kier alpha value is -1.99. The fraction of sp³-hybridized carbons (Fsp3) is 0.143. The van der Waals surface area contributed by atoms with Gasteiger partial charge in [-0.2, -0.15) is 0 Å². The number of hydrogen-bond donors (Lipinski definition) is 1. The topological polar surface area (TPSA) is 78.4 Å². The summed E-state index contributed by atoms with van der Waals surface area (Å²) in [6.07, 6.45) is 0. The number of ether oxygens (including phenoxy) is 1. The van der Waals surface area contributed by atoms with Crippen LogP contribution in [-0.2, 0) is 0 Å². The van der Waals surface area contributed by atoms with E-state index >= 15 is 0 Å². The van der Waals surface area contributed by atoms with Crippen LogP contribution in [0.2, 0.25) is 0 Å². The molecule has 2 aromatic rings. The second kappa shape index (κ2) is 6.19. The van der Waals surface area contributed by atoms with Gasteiger partial charge >= 0.3 is 0 Å². The van der Waals surface area contributed by atoms with Crippen molar-refractivity contribution in [2.24, 2.45) is 5.73 Å². The van der Waals surface area contributed by atoms with Crippen molar-refractivity contribution >= 4 is 21.6 Å². The fourth-order valence-corrected chi connectivity index (χ4v) is 2.47. The standard InChI is InChI=1S/C14H12BrFN2O3/c1-8(17)11-4-3-10(7-12(11)15)21-14-5-2-9(18(19)20)6-13(14)16/h2-8H,17H2,1H3/t8-/m0/s1. The van der Waals surface area contributed by atoms with Gasteiger partial charge in [0.1, 0.15) is 5.75 Å². The van der Waals surface area contributed by atoms with Crippen LogP contribution in [0.25, 0.3) is 0 Å². The third-order valence-electron chi connectivity index (χ3n) is 2.82. The molecule has 0 aromatic heterocycles. The summed E-state index contributed by atoms with van der Waals surface area (Å²) in [6, 6.07) is 8.17. The molecule has 2 rings (SSSR count). The Balaban J connectivity index is 2.26. The average molecular weight is 355 g/mol. The van der Waals surface area contributed by atoms with Crippen molar-refractivity contribution in [3.63, 3.8) is 0 Å². The number of non-ortho nitro benzene ring substituents is 1. The number of benzene rings is 2. The zero-order valence-electron chi connectivity index (χ0n) is 11.0. The summed E-state index contributed by atoms with van der Waals surface area (Å²) in [5.74, 6) is -0.475. The number of nitro groups is 1. The van der Waals surface area contributed by atoms with E-state index in [1.54, 1.807) is 18.2 Å². The number of halogens is 2. The van der Waals surface area contributed by atoms with Gasteiger partial charge in [-0.25, -0.2) is 4.39 Å². The molecule has 0 saturated carbocycles. The highest BCUT2D eigenvalue weighted by molar-refractivity contribution is 9.10. The molecule has 0 radical (unpaired) electrons. The van der Waals surface area contributed by atoms with Crippen molar-refractivity contribution in [2.45, 2.75) is 13.0 Å². The molecular formula is C14H12BrFN2O3. The van der Waals surface area contributed by atoms with Crippen molar-refractivity contribution in [3.8, 4) is 11.5 Å². The summed E-state index contributed by atoms with van der Waals surface area (Å²) >= 11 is 3.37. The van der Waals surface area contributed by atoms with E-state index in [4.69, 9.17) is 10.5 Å². The van der Waals surface area contributed by atoms with Crippen LogP contribution in [0.1, 0.15) is 18.5 Å². The summed E-state index contributed by atoms with van der Waals surface area (Å²) in [6.45, 7) is 1.84. The maximum atomic E-state index is 13.7. The first-order valence-electron chi connectivity index (χ1n) is 6.05. The van der Waals surface area contributed by atoms with Crippen LogP contribution in [0.15, 0.2) is 40.9 Å². The van der Waals surface area contributed by atoms with Crippen LogP contribution in [0.5, 0.6) is 11.5 Å². The molecule has 5 nitrogen and oxygen atoms in total. The number of rotatable bonds is 4. The number of hydrogen-bond acceptors (Lipinski definition) is 4. The van der Waals surface area contributed by atoms with Crippen LogP contribution in [0, 0.1) is 15.9 Å². The molecule has 2 aromatic carbocycles. The monoisotopic (exact) mass is 354 g/mol. The molecular weight excluding hydrogens is 343 g/mol. The van der Waals surface area contributed by atoms with E-state index in [2.05, 4.69) is 15.9 Å². The van der Waals surface area contributed by atoms with Gasteiger partial charge in [0.05, 0.1) is 11.0 Å². The first-order valence-corrected chi connectivity index (χ1v) is 6.84. The van der Waals surface area contributed by atoms with Crippen molar-refractivity contribution in [1.82, 2.24) is 0 Å². The molecule has 1 atom stereocenters. The third kappa shape index (κ3) is 3.56. The molecule has 0 aliphatic carbocycles. The van der Waals surface area contributed by atoms with Crippen LogP contribution < -0.4 is 10.5 Å². The van der Waals surface area contributed by atoms with Gasteiger partial charge in [-0.05, 0) is 30.7 Å². The summed E-state index contributed by atoms with van der Waals surface area (Å²) in [7, 11) is 0. The average Bonchev–Trinajstić information content (AvgIpc) is 2.40. The van der Waals surface area contributed by atoms with E-state index in [0.29, 0.717) is 5.75 Å². The van der Waals surface area contributed by atoms with Crippen LogP contribution in [-0.4, -0.2) is 4.92 Å². The van der Waals surface area contributed by atoms with Crippen LogP contribution in [0.3, 0.4) is 0 Å². The first-order chi connectivity index (χ1) is 9.88. The maximum Gasteiger partial charge on any atom is 0.272 e. The van der Waals surface area contributed by atoms with Gasteiger partial charge < -0.3 is 10.5 Å². The highest BCUT2D eigenvalue weighted by atomic mass is 79.9. The second-order valence-corrected chi connectivity index (χ2v) is 5.30. The molecule has 0 fully saturated rings. The highest BCUT2D eigenvalue weighted by Crippen LogP contribution is 2.31. The lowest BCUT2D eigenvalue weighted by Crippen LogP contribution is -2.05. The molecule has 0 heterocycles. The van der Waals surface area contributed by atoms with E-state index in [1.165, 1.54) is 12.1 Å². The lowest BCUT2D eigenvalue weighted by atomic mass is 10.1. The van der Waals surface area contributed by atoms with Gasteiger partial charge in [-0.15, -0.1) is 0 Å². The molecule has 110 valence electrons. The van der Waals surface area contributed by atoms with E-state index in [1.807, 2.05) is 6.92 Å². The highest BCUT2D eigenvalue weighted by Gasteiger charge is 2.13. The Morgan fingerprint density at radius 2 is 2.05 bits per heavy atom. The van der Waals surface area contributed by atoms with Crippen molar-refractivity contribution in [3.05, 3.63) is 62.4 Å². The summed E-state index contributed by atoms with van der Waals surface area (Å²) in [5.41, 5.74) is 6.36. The molecule has 0 aliphatic rings. The normalized spacial score (nSPS) is 12.0. The Morgan fingerprint density at radius 1 is 1.33 bits per heavy atom. The minimum Gasteiger partial charge on any atom is -0.454 e. The minimum absolute atomic E-state index is 0.0824. The largest absolute Gasteiger partial charge is 0.454 e. The van der Waals surface area contributed by atoms with Crippen LogP contribution in [0.4, 0.5) is 10.1 Å². The van der Waals surface area contributed by atoms with Crippen LogP contribution >= 0.6 is 15.9 Å². The summed E-state index contributed by atoms with van der Waals surface area (Å²) in [4.78, 5) is 9.88. The van der Waals surface area contributed by atoms with Gasteiger partial charge in [-0.3, -0.25) is 10.1 Å². The predicted octanol–water partition coefficient (Wildman–Crippen LogP) is 4.31. The lowest BCUT2D eigenvalue weighted by Gasteiger charge is -2.11. The quantitative estimate of drug-likeness (QED) is 0.655. The zero-order chi connectivity index (χ0) is 15.6. The third-order valence-corrected chi connectivity index (χ3v) is 3.50. The molecule has 2 N–H and O–H groups in total. The number of nitrogens with zero attached hydrogens (tertiary/aromatic N) is 1. The first kappa shape index (κ1) is 15.4. The molecule has 0 spiro atoms. The van der Waals surface area contributed by atoms with Gasteiger partial charge in [-0.1, -0.05) is 22.0 Å². The van der Waals surface area contributed by atoms with Gasteiger partial charge in [0.25, 0.3) is 5.69 Å². The summed E-state index contributed by atoms with van der Waals surface area (Å²) in [5, 5.41) is 10.5. The maximum absolute atomic E-state index is 13.7. The van der Waals surface area contributed by atoms with E-state index < -0.39 is 10.7 Å². The molecule has 0 aliphatic heterocycles. The van der Waals surface area contributed by atoms with Crippen molar-refractivity contribution < 1.29 is 14.1 Å². The van der Waals surface area contributed by atoms with Gasteiger partial charge in [0.2, 0.25) is 0 Å². The molecule has 0 amide bonds. The van der Waals surface area contributed by atoms with Gasteiger partial charge in [0.15, 0.2) is 11.6 Å². The Labute approximate surface area is 128 Å². The SMILES string of the molecule is C[C@H](N)c1ccc(Oc2ccc([N+](=O)[O-])cc2F)cc1Br.